The summed E-state index contributed by atoms with van der Waals surface area (Å²) >= 11 is 6.32. The first kappa shape index (κ1) is 12.9. The van der Waals surface area contributed by atoms with E-state index < -0.39 is 0 Å². The Labute approximate surface area is 108 Å². The summed E-state index contributed by atoms with van der Waals surface area (Å²) in [5.74, 6) is 0. The molecule has 0 spiro atoms. The predicted molar refractivity (Wildman–Crippen MR) is 70.4 cm³/mol. The van der Waals surface area contributed by atoms with Gasteiger partial charge < -0.3 is 5.32 Å². The minimum atomic E-state index is 0.557. The van der Waals surface area contributed by atoms with Gasteiger partial charge in [-0.2, -0.15) is 5.10 Å². The van der Waals surface area contributed by atoms with Gasteiger partial charge in [-0.1, -0.05) is 11.6 Å². The third kappa shape index (κ3) is 2.81. The average molecular weight is 257 g/mol. The zero-order valence-electron chi connectivity index (χ0n) is 10.8. The van der Waals surface area contributed by atoms with E-state index in [0.29, 0.717) is 6.04 Å². The van der Waals surface area contributed by atoms with Crippen LogP contribution < -0.4 is 5.32 Å². The number of nitrogens with zero attached hydrogens (tertiary/aromatic N) is 3. The van der Waals surface area contributed by atoms with Gasteiger partial charge in [0, 0.05) is 38.8 Å². The van der Waals surface area contributed by atoms with Crippen molar-refractivity contribution in [3.8, 4) is 0 Å². The Morgan fingerprint density at radius 1 is 1.53 bits per heavy atom. The van der Waals surface area contributed by atoms with E-state index in [-0.39, 0.29) is 0 Å². The fourth-order valence-corrected chi connectivity index (χ4v) is 2.58. The van der Waals surface area contributed by atoms with Gasteiger partial charge in [0.2, 0.25) is 0 Å². The molecule has 0 bridgehead atoms. The van der Waals surface area contributed by atoms with Crippen LogP contribution in [0.3, 0.4) is 0 Å². The summed E-state index contributed by atoms with van der Waals surface area (Å²) in [4.78, 5) is 2.44. The smallest absolute Gasteiger partial charge is 0.0860 e. The zero-order chi connectivity index (χ0) is 12.4. The molecule has 2 rings (SSSR count). The van der Waals surface area contributed by atoms with Crippen molar-refractivity contribution in [1.82, 2.24) is 20.0 Å². The zero-order valence-corrected chi connectivity index (χ0v) is 11.6. The lowest BCUT2D eigenvalue weighted by Gasteiger charge is -2.31. The van der Waals surface area contributed by atoms with Crippen molar-refractivity contribution in [3.05, 3.63) is 16.4 Å². The van der Waals surface area contributed by atoms with Crippen molar-refractivity contribution in [3.63, 3.8) is 0 Å². The second kappa shape index (κ2) is 5.38. The highest BCUT2D eigenvalue weighted by Gasteiger charge is 2.20. The van der Waals surface area contributed by atoms with E-state index in [0.717, 1.165) is 49.1 Å². The second-order valence-corrected chi connectivity index (χ2v) is 5.13. The minimum absolute atomic E-state index is 0.557. The van der Waals surface area contributed by atoms with Crippen LogP contribution in [0.25, 0.3) is 0 Å². The molecule has 0 aliphatic carbocycles. The topological polar surface area (TPSA) is 33.1 Å². The van der Waals surface area contributed by atoms with Crippen LogP contribution in [-0.4, -0.2) is 40.4 Å². The van der Waals surface area contributed by atoms with Crippen LogP contribution in [0.4, 0.5) is 0 Å². The maximum Gasteiger partial charge on any atom is 0.0860 e. The van der Waals surface area contributed by atoms with E-state index in [1.165, 1.54) is 0 Å². The fraction of sp³-hybridized carbons (Fsp3) is 0.750. The van der Waals surface area contributed by atoms with Crippen LogP contribution in [0.2, 0.25) is 5.02 Å². The molecule has 0 amide bonds. The summed E-state index contributed by atoms with van der Waals surface area (Å²) in [6.45, 7) is 11.3. The van der Waals surface area contributed by atoms with Gasteiger partial charge in [-0.05, 0) is 20.8 Å². The molecule has 0 saturated carbocycles. The Balaban J connectivity index is 2.12. The van der Waals surface area contributed by atoms with Gasteiger partial charge in [-0.15, -0.1) is 0 Å². The lowest BCUT2D eigenvalue weighted by Crippen LogP contribution is -2.48. The summed E-state index contributed by atoms with van der Waals surface area (Å²) in [6, 6.07) is 0.557. The normalized spacial score (nSPS) is 22.0. The van der Waals surface area contributed by atoms with Crippen molar-refractivity contribution >= 4 is 11.6 Å². The van der Waals surface area contributed by atoms with Crippen LogP contribution in [0.5, 0.6) is 0 Å². The molecule has 4 nitrogen and oxygen atoms in total. The maximum atomic E-state index is 6.32. The molecule has 0 aromatic carbocycles. The van der Waals surface area contributed by atoms with Crippen molar-refractivity contribution in [1.29, 1.82) is 0 Å². The van der Waals surface area contributed by atoms with Gasteiger partial charge in [0.05, 0.1) is 16.4 Å². The highest BCUT2D eigenvalue weighted by molar-refractivity contribution is 6.31. The lowest BCUT2D eigenvalue weighted by atomic mass is 10.2. The van der Waals surface area contributed by atoms with Gasteiger partial charge in [0.25, 0.3) is 0 Å². The fourth-order valence-electron chi connectivity index (χ4n) is 2.39. The highest BCUT2D eigenvalue weighted by Crippen LogP contribution is 2.22. The molecule has 1 aliphatic heterocycles. The van der Waals surface area contributed by atoms with Crippen molar-refractivity contribution in [2.45, 2.75) is 39.9 Å². The number of hydrogen-bond acceptors (Lipinski definition) is 3. The highest BCUT2D eigenvalue weighted by atomic mass is 35.5. The summed E-state index contributed by atoms with van der Waals surface area (Å²) in [7, 11) is 0. The number of piperazine rings is 1. The van der Waals surface area contributed by atoms with Crippen LogP contribution in [0.15, 0.2) is 0 Å². The molecule has 0 radical (unpaired) electrons. The first-order chi connectivity index (χ1) is 8.11. The van der Waals surface area contributed by atoms with Gasteiger partial charge in [0.15, 0.2) is 0 Å². The number of rotatable bonds is 3. The average Bonchev–Trinajstić information content (AvgIpc) is 2.57. The van der Waals surface area contributed by atoms with Crippen molar-refractivity contribution in [2.24, 2.45) is 0 Å². The Morgan fingerprint density at radius 2 is 2.29 bits per heavy atom. The van der Waals surface area contributed by atoms with E-state index in [2.05, 4.69) is 29.2 Å². The first-order valence-electron chi connectivity index (χ1n) is 6.29. The summed E-state index contributed by atoms with van der Waals surface area (Å²) in [5.41, 5.74) is 2.09. The number of aromatic nitrogens is 2. The van der Waals surface area contributed by atoms with E-state index in [1.807, 2.05) is 11.6 Å². The lowest BCUT2D eigenvalue weighted by molar-refractivity contribution is 0.195. The molecule has 1 N–H and O–H groups in total. The molecule has 96 valence electrons. The largest absolute Gasteiger partial charge is 0.312 e. The molecule has 1 fully saturated rings. The third-order valence-corrected chi connectivity index (χ3v) is 3.77. The standard InChI is InChI=1S/C12H21ClN4/c1-4-17-11(12(13)10(3)15-17)8-16-6-5-14-9(2)7-16/h9,14H,4-8H2,1-3H3/t9-/m1/s1. The maximum absolute atomic E-state index is 6.32. The molecular formula is C12H21ClN4. The molecule has 1 aliphatic rings. The SMILES string of the molecule is CCn1nc(C)c(Cl)c1CN1CCN[C@H](C)C1. The van der Waals surface area contributed by atoms with Crippen LogP contribution in [0, 0.1) is 6.92 Å². The Morgan fingerprint density at radius 3 is 2.94 bits per heavy atom. The van der Waals surface area contributed by atoms with Gasteiger partial charge >= 0.3 is 0 Å². The van der Waals surface area contributed by atoms with Crippen molar-refractivity contribution in [2.75, 3.05) is 19.6 Å². The minimum Gasteiger partial charge on any atom is -0.312 e. The predicted octanol–water partition coefficient (Wildman–Crippen LogP) is 1.66. The molecule has 17 heavy (non-hydrogen) atoms. The van der Waals surface area contributed by atoms with Crippen LogP contribution in [0.1, 0.15) is 25.2 Å². The quantitative estimate of drug-likeness (QED) is 0.893. The second-order valence-electron chi connectivity index (χ2n) is 4.75. The number of hydrogen-bond donors (Lipinski definition) is 1. The Bertz CT molecular complexity index is 388. The van der Waals surface area contributed by atoms with Crippen LogP contribution in [-0.2, 0) is 13.1 Å². The van der Waals surface area contributed by atoms with E-state index in [1.54, 1.807) is 0 Å². The number of aryl methyl sites for hydroxylation is 2. The van der Waals surface area contributed by atoms with Crippen LogP contribution >= 0.6 is 11.6 Å². The molecule has 1 aromatic rings. The summed E-state index contributed by atoms with van der Waals surface area (Å²) in [5, 5.41) is 8.74. The summed E-state index contributed by atoms with van der Waals surface area (Å²) in [6.07, 6.45) is 0. The molecule has 1 saturated heterocycles. The summed E-state index contributed by atoms with van der Waals surface area (Å²) < 4.78 is 2.02. The molecule has 2 heterocycles. The van der Waals surface area contributed by atoms with E-state index in [4.69, 9.17) is 11.6 Å². The van der Waals surface area contributed by atoms with Gasteiger partial charge in [-0.25, -0.2) is 0 Å². The molecule has 1 atom stereocenters. The molecule has 1 aromatic heterocycles. The Hall–Kier alpha value is -0.580. The molecule has 5 heteroatoms. The van der Waals surface area contributed by atoms with E-state index >= 15 is 0 Å². The number of nitrogens with one attached hydrogen (secondary N) is 1. The third-order valence-electron chi connectivity index (χ3n) is 3.28. The van der Waals surface area contributed by atoms with Gasteiger partial charge in [-0.3, -0.25) is 9.58 Å². The van der Waals surface area contributed by atoms with Crippen molar-refractivity contribution < 1.29 is 0 Å². The first-order valence-corrected chi connectivity index (χ1v) is 6.67. The number of halogens is 1. The Kier molecular flexibility index (Phi) is 4.07. The molecule has 0 unspecified atom stereocenters. The van der Waals surface area contributed by atoms with E-state index in [9.17, 15) is 0 Å². The molecular weight excluding hydrogens is 236 g/mol. The van der Waals surface area contributed by atoms with Gasteiger partial charge in [0.1, 0.15) is 0 Å². The monoisotopic (exact) mass is 256 g/mol.